The van der Waals surface area contributed by atoms with Crippen LogP contribution in [0.15, 0.2) is 18.2 Å². The van der Waals surface area contributed by atoms with Gasteiger partial charge in [-0.2, -0.15) is 20.1 Å². The number of aryl methyl sites for hydroxylation is 1. The Kier molecular flexibility index (Phi) is 4.38. The van der Waals surface area contributed by atoms with E-state index in [-0.39, 0.29) is 24.0 Å². The quantitative estimate of drug-likeness (QED) is 0.610. The van der Waals surface area contributed by atoms with Crippen LogP contribution < -0.4 is 10.6 Å². The second-order valence-corrected chi connectivity index (χ2v) is 6.34. The molecule has 1 fully saturated rings. The molecule has 0 atom stereocenters. The largest absolute Gasteiger partial charge is 0.350 e. The predicted molar refractivity (Wildman–Crippen MR) is 92.1 cm³/mol. The summed E-state index contributed by atoms with van der Waals surface area (Å²) >= 11 is 0. The zero-order valence-electron chi connectivity index (χ0n) is 14.4. The van der Waals surface area contributed by atoms with Crippen molar-refractivity contribution in [2.75, 3.05) is 10.6 Å². The van der Waals surface area contributed by atoms with Gasteiger partial charge in [-0.15, -0.1) is 0 Å². The molecule has 0 spiro atoms. The summed E-state index contributed by atoms with van der Waals surface area (Å²) in [5, 5.41) is 12.8. The monoisotopic (exact) mass is 375 g/mol. The smallest absolute Gasteiger partial charge is 0.233 e. The Hall–Kier alpha value is -3.17. The molecule has 1 aliphatic rings. The first-order valence-corrected chi connectivity index (χ1v) is 8.40. The first kappa shape index (κ1) is 17.3. The fraction of sp³-hybridized carbons (Fsp3) is 0.294. The number of hydrogen-bond donors (Lipinski definition) is 3. The third kappa shape index (κ3) is 3.99. The van der Waals surface area contributed by atoms with Crippen LogP contribution in [-0.2, 0) is 6.54 Å². The summed E-state index contributed by atoms with van der Waals surface area (Å²) < 4.78 is 40.5. The summed E-state index contributed by atoms with van der Waals surface area (Å²) in [4.78, 5) is 12.4. The van der Waals surface area contributed by atoms with E-state index in [0.717, 1.165) is 18.5 Å². The molecule has 4 rings (SSSR count). The minimum Gasteiger partial charge on any atom is -0.350 e. The van der Waals surface area contributed by atoms with Gasteiger partial charge in [0.1, 0.15) is 23.3 Å². The van der Waals surface area contributed by atoms with Crippen molar-refractivity contribution in [2.24, 2.45) is 0 Å². The Labute approximate surface area is 152 Å². The molecule has 3 aromatic rings. The lowest BCUT2D eigenvalue weighted by Gasteiger charge is -2.09. The highest BCUT2D eigenvalue weighted by atomic mass is 19.1. The van der Waals surface area contributed by atoms with E-state index in [1.165, 1.54) is 0 Å². The zero-order valence-corrected chi connectivity index (χ0v) is 14.4. The molecule has 0 unspecified atom stereocenters. The van der Waals surface area contributed by atoms with Gasteiger partial charge in [0.15, 0.2) is 5.82 Å². The van der Waals surface area contributed by atoms with Gasteiger partial charge >= 0.3 is 0 Å². The van der Waals surface area contributed by atoms with Crippen LogP contribution in [0, 0.1) is 24.4 Å². The van der Waals surface area contributed by atoms with Crippen molar-refractivity contribution in [3.63, 3.8) is 0 Å². The minimum absolute atomic E-state index is 0.131. The summed E-state index contributed by atoms with van der Waals surface area (Å²) in [6.07, 6.45) is 2.30. The lowest BCUT2D eigenvalue weighted by atomic mass is 10.2. The van der Waals surface area contributed by atoms with E-state index in [4.69, 9.17) is 0 Å². The highest BCUT2D eigenvalue weighted by Crippen LogP contribution is 2.39. The summed E-state index contributed by atoms with van der Waals surface area (Å²) in [5.74, 6) is -1.03. The lowest BCUT2D eigenvalue weighted by molar-refractivity contribution is 0.526. The van der Waals surface area contributed by atoms with Gasteiger partial charge in [0.05, 0.1) is 0 Å². The molecule has 2 aromatic heterocycles. The molecular weight excluding hydrogens is 359 g/mol. The molecule has 0 aliphatic heterocycles. The second kappa shape index (κ2) is 6.86. The zero-order chi connectivity index (χ0) is 19.0. The molecule has 1 aliphatic carbocycles. The van der Waals surface area contributed by atoms with Crippen LogP contribution in [0.25, 0.3) is 0 Å². The van der Waals surface area contributed by atoms with Crippen LogP contribution in [0.2, 0.25) is 0 Å². The van der Waals surface area contributed by atoms with E-state index in [2.05, 4.69) is 35.8 Å². The molecule has 0 amide bonds. The van der Waals surface area contributed by atoms with E-state index >= 15 is 0 Å². The van der Waals surface area contributed by atoms with Crippen molar-refractivity contribution in [2.45, 2.75) is 32.2 Å². The van der Waals surface area contributed by atoms with Crippen LogP contribution >= 0.6 is 0 Å². The van der Waals surface area contributed by atoms with Crippen molar-refractivity contribution in [3.8, 4) is 0 Å². The molecule has 3 N–H and O–H groups in total. The number of H-pyrrole nitrogens is 1. The van der Waals surface area contributed by atoms with E-state index in [1.807, 2.05) is 6.07 Å². The Morgan fingerprint density at radius 1 is 1.04 bits per heavy atom. The fourth-order valence-corrected chi connectivity index (χ4v) is 2.64. The number of nitrogens with one attached hydrogen (secondary N) is 3. The number of hydrogen-bond acceptors (Lipinski definition) is 6. The topological polar surface area (TPSA) is 91.4 Å². The fourth-order valence-electron chi connectivity index (χ4n) is 2.64. The molecule has 2 heterocycles. The molecule has 0 bridgehead atoms. The standard InChI is InChI=1S/C17H16F3N7/c1-8-22-16(21-7-11-12(19)4-10(18)5-13(11)20)25-17(23-8)24-15-6-14(26-27-15)9-2-3-9/h4-6,9H,2-3,7H2,1H3,(H3,21,22,23,24,25,26,27). The number of aromatic amines is 1. The predicted octanol–water partition coefficient (Wildman–Crippen LogP) is 3.55. The first-order valence-electron chi connectivity index (χ1n) is 8.40. The van der Waals surface area contributed by atoms with E-state index in [9.17, 15) is 13.2 Å². The third-order valence-electron chi connectivity index (χ3n) is 4.13. The van der Waals surface area contributed by atoms with Gasteiger partial charge in [-0.3, -0.25) is 5.10 Å². The Bertz CT molecular complexity index is 961. The van der Waals surface area contributed by atoms with Crippen LogP contribution in [-0.4, -0.2) is 25.1 Å². The van der Waals surface area contributed by atoms with Gasteiger partial charge in [-0.05, 0) is 19.8 Å². The lowest BCUT2D eigenvalue weighted by Crippen LogP contribution is -2.10. The van der Waals surface area contributed by atoms with E-state index in [1.54, 1.807) is 6.92 Å². The van der Waals surface area contributed by atoms with Gasteiger partial charge in [-0.25, -0.2) is 13.2 Å². The number of nitrogens with zero attached hydrogens (tertiary/aromatic N) is 4. The van der Waals surface area contributed by atoms with Crippen molar-refractivity contribution in [3.05, 3.63) is 52.7 Å². The van der Waals surface area contributed by atoms with Crippen molar-refractivity contribution < 1.29 is 13.2 Å². The molecule has 27 heavy (non-hydrogen) atoms. The maximum absolute atomic E-state index is 13.7. The van der Waals surface area contributed by atoms with Gasteiger partial charge < -0.3 is 10.6 Å². The number of halogens is 3. The molecular formula is C17H16F3N7. The highest BCUT2D eigenvalue weighted by molar-refractivity contribution is 5.50. The number of rotatable bonds is 6. The van der Waals surface area contributed by atoms with Crippen LogP contribution in [0.1, 0.15) is 35.8 Å². The van der Waals surface area contributed by atoms with Crippen LogP contribution in [0.5, 0.6) is 0 Å². The summed E-state index contributed by atoms with van der Waals surface area (Å²) in [6.45, 7) is 1.42. The van der Waals surface area contributed by atoms with E-state index < -0.39 is 17.5 Å². The molecule has 0 saturated heterocycles. The van der Waals surface area contributed by atoms with Gasteiger partial charge in [0.25, 0.3) is 0 Å². The molecule has 1 saturated carbocycles. The SMILES string of the molecule is Cc1nc(NCc2c(F)cc(F)cc2F)nc(Nc2cc(C3CC3)[nH]n2)n1. The average molecular weight is 375 g/mol. The molecule has 10 heteroatoms. The van der Waals surface area contributed by atoms with Crippen molar-refractivity contribution >= 4 is 17.7 Å². The first-order chi connectivity index (χ1) is 13.0. The molecule has 140 valence electrons. The maximum Gasteiger partial charge on any atom is 0.233 e. The van der Waals surface area contributed by atoms with Crippen LogP contribution in [0.4, 0.5) is 30.9 Å². The minimum atomic E-state index is -0.978. The Balaban J connectivity index is 1.48. The van der Waals surface area contributed by atoms with Crippen LogP contribution in [0.3, 0.4) is 0 Å². The summed E-state index contributed by atoms with van der Waals surface area (Å²) in [5.41, 5.74) is 0.759. The van der Waals surface area contributed by atoms with Gasteiger partial charge in [0.2, 0.25) is 11.9 Å². The van der Waals surface area contributed by atoms with Gasteiger partial charge in [0, 0.05) is 41.9 Å². The highest BCUT2D eigenvalue weighted by Gasteiger charge is 2.25. The normalized spacial score (nSPS) is 13.6. The molecule has 1 aromatic carbocycles. The number of anilines is 3. The molecule has 0 radical (unpaired) electrons. The van der Waals surface area contributed by atoms with E-state index in [0.29, 0.717) is 29.7 Å². The van der Waals surface area contributed by atoms with Crippen molar-refractivity contribution in [1.29, 1.82) is 0 Å². The Morgan fingerprint density at radius 3 is 2.44 bits per heavy atom. The average Bonchev–Trinajstić information content (AvgIpc) is 3.33. The van der Waals surface area contributed by atoms with Crippen molar-refractivity contribution in [1.82, 2.24) is 25.1 Å². The summed E-state index contributed by atoms with van der Waals surface area (Å²) in [7, 11) is 0. The Morgan fingerprint density at radius 2 is 1.74 bits per heavy atom. The molecule has 7 nitrogen and oxygen atoms in total. The maximum atomic E-state index is 13.7. The number of aromatic nitrogens is 5. The summed E-state index contributed by atoms with van der Waals surface area (Å²) in [6, 6.07) is 3.15. The third-order valence-corrected chi connectivity index (χ3v) is 4.13. The number of benzene rings is 1. The second-order valence-electron chi connectivity index (χ2n) is 6.34. The van der Waals surface area contributed by atoms with Gasteiger partial charge in [-0.1, -0.05) is 0 Å².